The van der Waals surface area contributed by atoms with E-state index in [2.05, 4.69) is 26.0 Å². The van der Waals surface area contributed by atoms with E-state index in [1.54, 1.807) is 0 Å². The Bertz CT molecular complexity index is 529. The number of aliphatic carboxylic acids is 1. The minimum absolute atomic E-state index is 0.0247. The Morgan fingerprint density at radius 2 is 1.86 bits per heavy atom. The van der Waals surface area contributed by atoms with Crippen LogP contribution in [0.2, 0.25) is 0 Å². The van der Waals surface area contributed by atoms with Crippen LogP contribution in [-0.2, 0) is 25.5 Å². The summed E-state index contributed by atoms with van der Waals surface area (Å²) in [7, 11) is 1.25. The van der Waals surface area contributed by atoms with Gasteiger partial charge in [-0.2, -0.15) is 0 Å². The van der Waals surface area contributed by atoms with Gasteiger partial charge in [-0.25, -0.2) is 0 Å². The summed E-state index contributed by atoms with van der Waals surface area (Å²) in [5, 5.41) is 11.6. The molecule has 2 N–H and O–H groups in total. The van der Waals surface area contributed by atoms with Crippen molar-refractivity contribution in [1.82, 2.24) is 5.32 Å². The summed E-state index contributed by atoms with van der Waals surface area (Å²) in [5.41, 5.74) is 0.919. The van der Waals surface area contributed by atoms with Gasteiger partial charge in [0.05, 0.1) is 20.0 Å². The van der Waals surface area contributed by atoms with E-state index in [9.17, 15) is 14.4 Å². The fraction of sp³-hybridized carbons (Fsp3) is 0.400. The Balaban J connectivity index is 2.60. The number of hydrogen-bond acceptors (Lipinski definition) is 4. The van der Waals surface area contributed by atoms with Gasteiger partial charge in [0.25, 0.3) is 0 Å². The number of carboxylic acid groups (broad SMARTS) is 1. The zero-order valence-corrected chi connectivity index (χ0v) is 13.8. The number of halogens is 1. The number of nitrogens with one attached hydrogen (secondary N) is 1. The summed E-state index contributed by atoms with van der Waals surface area (Å²) in [4.78, 5) is 33.7. The van der Waals surface area contributed by atoms with E-state index in [1.807, 2.05) is 24.3 Å². The SMILES string of the molecule is COC(=O)CCC(=O)NC(CC(=O)O)Cc1ccc(Br)cc1. The van der Waals surface area contributed by atoms with Crippen molar-refractivity contribution < 1.29 is 24.2 Å². The number of ether oxygens (including phenoxy) is 1. The summed E-state index contributed by atoms with van der Waals surface area (Å²) < 4.78 is 5.38. The fourth-order valence-corrected chi connectivity index (χ4v) is 2.17. The van der Waals surface area contributed by atoms with Crippen molar-refractivity contribution in [3.8, 4) is 0 Å². The lowest BCUT2D eigenvalue weighted by Crippen LogP contribution is -2.38. The van der Waals surface area contributed by atoms with Crippen molar-refractivity contribution in [2.75, 3.05) is 7.11 Å². The Labute approximate surface area is 137 Å². The molecule has 0 aliphatic heterocycles. The second kappa shape index (κ2) is 9.19. The largest absolute Gasteiger partial charge is 0.481 e. The minimum Gasteiger partial charge on any atom is -0.481 e. The van der Waals surface area contributed by atoms with E-state index in [0.29, 0.717) is 6.42 Å². The number of methoxy groups -OCH3 is 1. The first kappa shape index (κ1) is 18.2. The normalized spacial score (nSPS) is 11.5. The molecule has 1 aromatic rings. The maximum Gasteiger partial charge on any atom is 0.306 e. The van der Waals surface area contributed by atoms with Gasteiger partial charge in [0.1, 0.15) is 0 Å². The van der Waals surface area contributed by atoms with Gasteiger partial charge in [-0.1, -0.05) is 28.1 Å². The summed E-state index contributed by atoms with van der Waals surface area (Å²) in [5.74, 6) is -1.83. The summed E-state index contributed by atoms with van der Waals surface area (Å²) in [6, 6.07) is 6.90. The molecule has 0 aromatic heterocycles. The molecule has 22 heavy (non-hydrogen) atoms. The summed E-state index contributed by atoms with van der Waals surface area (Å²) in [6.07, 6.45) is 0.174. The highest BCUT2D eigenvalue weighted by molar-refractivity contribution is 9.10. The van der Waals surface area contributed by atoms with Crippen molar-refractivity contribution in [2.24, 2.45) is 0 Å². The molecule has 0 radical (unpaired) electrons. The van der Waals surface area contributed by atoms with Crippen molar-refractivity contribution in [2.45, 2.75) is 31.7 Å². The van der Waals surface area contributed by atoms with Crippen LogP contribution in [-0.4, -0.2) is 36.1 Å². The van der Waals surface area contributed by atoms with Crippen LogP contribution >= 0.6 is 15.9 Å². The molecule has 7 heteroatoms. The maximum atomic E-state index is 11.8. The average Bonchev–Trinajstić information content (AvgIpc) is 2.46. The maximum absolute atomic E-state index is 11.8. The van der Waals surface area contributed by atoms with Crippen molar-refractivity contribution in [3.63, 3.8) is 0 Å². The standard InChI is InChI=1S/C15H18BrNO5/c1-22-15(21)7-6-13(18)17-12(9-14(19)20)8-10-2-4-11(16)5-3-10/h2-5,12H,6-9H2,1H3,(H,17,18)(H,19,20). The van der Waals surface area contributed by atoms with Crippen LogP contribution in [0.25, 0.3) is 0 Å². The summed E-state index contributed by atoms with van der Waals surface area (Å²) in [6.45, 7) is 0. The zero-order valence-electron chi connectivity index (χ0n) is 12.2. The number of carboxylic acids is 1. The van der Waals surface area contributed by atoms with Crippen LogP contribution in [0.3, 0.4) is 0 Å². The van der Waals surface area contributed by atoms with E-state index >= 15 is 0 Å². The molecule has 1 amide bonds. The quantitative estimate of drug-likeness (QED) is 0.680. The van der Waals surface area contributed by atoms with E-state index in [4.69, 9.17) is 5.11 Å². The first-order valence-electron chi connectivity index (χ1n) is 6.73. The molecule has 0 aliphatic rings. The van der Waals surface area contributed by atoms with E-state index in [1.165, 1.54) is 7.11 Å². The predicted octanol–water partition coefficient (Wildman–Crippen LogP) is 1.90. The number of hydrogen-bond donors (Lipinski definition) is 2. The Kier molecular flexibility index (Phi) is 7.59. The molecular weight excluding hydrogens is 354 g/mol. The van der Waals surface area contributed by atoms with Gasteiger partial charge in [0.2, 0.25) is 5.91 Å². The molecule has 1 rings (SSSR count). The smallest absolute Gasteiger partial charge is 0.306 e. The van der Waals surface area contributed by atoms with Crippen LogP contribution < -0.4 is 5.32 Å². The number of benzene rings is 1. The van der Waals surface area contributed by atoms with Gasteiger partial charge in [-0.3, -0.25) is 14.4 Å². The molecule has 1 unspecified atom stereocenters. The van der Waals surface area contributed by atoms with Crippen LogP contribution in [0.5, 0.6) is 0 Å². The van der Waals surface area contributed by atoms with Gasteiger partial charge in [-0.15, -0.1) is 0 Å². The molecule has 0 heterocycles. The minimum atomic E-state index is -0.990. The topological polar surface area (TPSA) is 92.7 Å². The van der Waals surface area contributed by atoms with Crippen LogP contribution in [0.1, 0.15) is 24.8 Å². The third kappa shape index (κ3) is 7.21. The molecule has 0 bridgehead atoms. The Hall–Kier alpha value is -1.89. The number of rotatable bonds is 8. The van der Waals surface area contributed by atoms with Gasteiger partial charge in [-0.05, 0) is 24.1 Å². The van der Waals surface area contributed by atoms with Crippen molar-refractivity contribution >= 4 is 33.8 Å². The van der Waals surface area contributed by atoms with E-state index < -0.39 is 18.0 Å². The first-order valence-corrected chi connectivity index (χ1v) is 7.52. The molecule has 1 aromatic carbocycles. The van der Waals surface area contributed by atoms with Gasteiger partial charge >= 0.3 is 11.9 Å². The van der Waals surface area contributed by atoms with E-state index in [0.717, 1.165) is 10.0 Å². The molecule has 0 spiro atoms. The average molecular weight is 372 g/mol. The van der Waals surface area contributed by atoms with Crippen molar-refractivity contribution in [3.05, 3.63) is 34.3 Å². The third-order valence-corrected chi connectivity index (χ3v) is 3.49. The van der Waals surface area contributed by atoms with Crippen LogP contribution in [0.4, 0.5) is 0 Å². The number of amides is 1. The highest BCUT2D eigenvalue weighted by Gasteiger charge is 2.17. The molecule has 1 atom stereocenters. The highest BCUT2D eigenvalue weighted by atomic mass is 79.9. The highest BCUT2D eigenvalue weighted by Crippen LogP contribution is 2.13. The lowest BCUT2D eigenvalue weighted by atomic mass is 10.0. The van der Waals surface area contributed by atoms with Gasteiger partial charge in [0, 0.05) is 16.9 Å². The lowest BCUT2D eigenvalue weighted by Gasteiger charge is -2.17. The lowest BCUT2D eigenvalue weighted by molar-refractivity contribution is -0.142. The molecule has 0 saturated carbocycles. The fourth-order valence-electron chi connectivity index (χ4n) is 1.91. The first-order chi connectivity index (χ1) is 10.4. The summed E-state index contributed by atoms with van der Waals surface area (Å²) >= 11 is 3.33. The molecule has 0 aliphatic carbocycles. The molecule has 0 saturated heterocycles. The monoisotopic (exact) mass is 371 g/mol. The van der Waals surface area contributed by atoms with Crippen LogP contribution in [0, 0.1) is 0 Å². The Morgan fingerprint density at radius 1 is 1.23 bits per heavy atom. The second-order valence-corrected chi connectivity index (χ2v) is 5.68. The number of esters is 1. The van der Waals surface area contributed by atoms with Gasteiger partial charge in [0.15, 0.2) is 0 Å². The molecule has 0 fully saturated rings. The van der Waals surface area contributed by atoms with Gasteiger partial charge < -0.3 is 15.2 Å². The van der Waals surface area contributed by atoms with Crippen LogP contribution in [0.15, 0.2) is 28.7 Å². The predicted molar refractivity (Wildman–Crippen MR) is 83.3 cm³/mol. The second-order valence-electron chi connectivity index (χ2n) is 4.77. The molecule has 120 valence electrons. The number of carbonyl (C=O) groups is 3. The molecular formula is C15H18BrNO5. The molecule has 6 nitrogen and oxygen atoms in total. The van der Waals surface area contributed by atoms with Crippen molar-refractivity contribution in [1.29, 1.82) is 0 Å². The van der Waals surface area contributed by atoms with E-state index in [-0.39, 0.29) is 25.2 Å². The Morgan fingerprint density at radius 3 is 2.41 bits per heavy atom. The zero-order chi connectivity index (χ0) is 16.5. The third-order valence-electron chi connectivity index (χ3n) is 2.97. The number of carbonyl (C=O) groups excluding carboxylic acids is 2.